The van der Waals surface area contributed by atoms with Crippen molar-refractivity contribution in [3.8, 4) is 0 Å². The van der Waals surface area contributed by atoms with Crippen LogP contribution in [0.4, 0.5) is 5.69 Å². The first-order valence-corrected chi connectivity index (χ1v) is 11.0. The average molecular weight is 404 g/mol. The molecule has 4 rings (SSSR count). The third-order valence-corrected chi connectivity index (χ3v) is 6.98. The molecule has 4 nitrogen and oxygen atoms in total. The molecular formula is C21H26ClN3OS. The molecule has 1 saturated heterocycles. The molecule has 0 radical (unpaired) electrons. The molecule has 2 aliphatic rings. The first-order chi connectivity index (χ1) is 13.2. The van der Waals surface area contributed by atoms with Crippen molar-refractivity contribution >= 4 is 34.5 Å². The second kappa shape index (κ2) is 8.21. The average Bonchev–Trinajstić information content (AvgIpc) is 3.17. The zero-order valence-electron chi connectivity index (χ0n) is 15.7. The van der Waals surface area contributed by atoms with E-state index in [2.05, 4.69) is 39.1 Å². The van der Waals surface area contributed by atoms with Gasteiger partial charge >= 0.3 is 0 Å². The summed E-state index contributed by atoms with van der Waals surface area (Å²) >= 11 is 7.95. The van der Waals surface area contributed by atoms with Crippen LogP contribution in [0, 0.1) is 0 Å². The third kappa shape index (κ3) is 4.00. The van der Waals surface area contributed by atoms with Gasteiger partial charge in [-0.15, -0.1) is 11.3 Å². The maximum Gasteiger partial charge on any atom is 0.240 e. The molecule has 0 spiro atoms. The fourth-order valence-corrected chi connectivity index (χ4v) is 5.28. The Hall–Kier alpha value is -1.56. The molecule has 1 fully saturated rings. The van der Waals surface area contributed by atoms with Gasteiger partial charge in [0.25, 0.3) is 0 Å². The smallest absolute Gasteiger partial charge is 0.240 e. The van der Waals surface area contributed by atoms with E-state index in [9.17, 15) is 4.79 Å². The zero-order valence-corrected chi connectivity index (χ0v) is 17.3. The van der Waals surface area contributed by atoms with Gasteiger partial charge in [-0.25, -0.2) is 0 Å². The molecule has 0 aliphatic carbocycles. The topological polar surface area (TPSA) is 26.8 Å². The lowest BCUT2D eigenvalue weighted by molar-refractivity contribution is -0.138. The number of piperazine rings is 1. The number of anilines is 1. The molecule has 2 aromatic rings. The quantitative estimate of drug-likeness (QED) is 0.774. The summed E-state index contributed by atoms with van der Waals surface area (Å²) in [6, 6.07) is 10.2. The van der Waals surface area contributed by atoms with Gasteiger partial charge in [-0.05, 0) is 48.1 Å². The lowest BCUT2D eigenvalue weighted by atomic mass is 10.1. The highest BCUT2D eigenvalue weighted by molar-refractivity contribution is 7.10. The van der Waals surface area contributed by atoms with Crippen LogP contribution in [-0.2, 0) is 17.8 Å². The first kappa shape index (κ1) is 18.8. The Balaban J connectivity index is 1.38. The molecule has 1 aromatic heterocycles. The highest BCUT2D eigenvalue weighted by Crippen LogP contribution is 2.26. The van der Waals surface area contributed by atoms with Gasteiger partial charge < -0.3 is 9.80 Å². The molecule has 0 saturated carbocycles. The van der Waals surface area contributed by atoms with Crippen LogP contribution in [0.1, 0.15) is 23.8 Å². The summed E-state index contributed by atoms with van der Waals surface area (Å²) in [5.41, 5.74) is 2.50. The van der Waals surface area contributed by atoms with Gasteiger partial charge in [0.05, 0.1) is 6.04 Å². The standard InChI is InChI=1S/C21H26ClN3OS/c1-2-19(21(26)25-8-6-20-16(15-25)7-13-27-20)24-11-9-23(10-12-24)18-5-3-4-17(22)14-18/h3-5,7,13-14,19H,2,6,8-12,15H2,1H3. The maximum absolute atomic E-state index is 13.2. The molecule has 0 bridgehead atoms. The summed E-state index contributed by atoms with van der Waals surface area (Å²) in [6.07, 6.45) is 1.86. The number of thiophene rings is 1. The lowest BCUT2D eigenvalue weighted by Gasteiger charge is -2.41. The number of carbonyl (C=O) groups is 1. The van der Waals surface area contributed by atoms with Crippen LogP contribution in [-0.4, -0.2) is 54.5 Å². The van der Waals surface area contributed by atoms with Gasteiger partial charge in [-0.3, -0.25) is 9.69 Å². The van der Waals surface area contributed by atoms with Crippen LogP contribution < -0.4 is 4.90 Å². The minimum absolute atomic E-state index is 0.00769. The van der Waals surface area contributed by atoms with Gasteiger partial charge in [0, 0.05) is 54.9 Å². The Morgan fingerprint density at radius 2 is 2.00 bits per heavy atom. The molecule has 2 aliphatic heterocycles. The highest BCUT2D eigenvalue weighted by atomic mass is 35.5. The van der Waals surface area contributed by atoms with Crippen LogP contribution in [0.15, 0.2) is 35.7 Å². The molecular weight excluding hydrogens is 378 g/mol. The third-order valence-electron chi connectivity index (χ3n) is 5.72. The lowest BCUT2D eigenvalue weighted by Crippen LogP contribution is -2.56. The summed E-state index contributed by atoms with van der Waals surface area (Å²) < 4.78 is 0. The summed E-state index contributed by atoms with van der Waals surface area (Å²) in [6.45, 7) is 7.44. The van der Waals surface area contributed by atoms with Crippen molar-refractivity contribution in [3.05, 3.63) is 51.2 Å². The van der Waals surface area contributed by atoms with Gasteiger partial charge in [-0.1, -0.05) is 24.6 Å². The first-order valence-electron chi connectivity index (χ1n) is 9.74. The molecule has 1 atom stereocenters. The van der Waals surface area contributed by atoms with E-state index in [0.29, 0.717) is 5.91 Å². The van der Waals surface area contributed by atoms with Gasteiger partial charge in [-0.2, -0.15) is 0 Å². The molecule has 3 heterocycles. The molecule has 27 heavy (non-hydrogen) atoms. The van der Waals surface area contributed by atoms with Crippen LogP contribution >= 0.6 is 22.9 Å². The molecule has 1 aromatic carbocycles. The summed E-state index contributed by atoms with van der Waals surface area (Å²) in [5.74, 6) is 0.297. The summed E-state index contributed by atoms with van der Waals surface area (Å²) in [5, 5.41) is 2.92. The largest absolute Gasteiger partial charge is 0.369 e. The number of carbonyl (C=O) groups excluding carboxylic acids is 1. The van der Waals surface area contributed by atoms with Gasteiger partial charge in [0.2, 0.25) is 5.91 Å². The fourth-order valence-electron chi connectivity index (χ4n) is 4.20. The molecule has 1 unspecified atom stereocenters. The van der Waals surface area contributed by atoms with Crippen molar-refractivity contribution in [2.24, 2.45) is 0 Å². The Morgan fingerprint density at radius 1 is 1.19 bits per heavy atom. The molecule has 6 heteroatoms. The summed E-state index contributed by atoms with van der Waals surface area (Å²) in [7, 11) is 0. The van der Waals surface area contributed by atoms with E-state index in [0.717, 1.165) is 57.1 Å². The minimum atomic E-state index is -0.00769. The Bertz CT molecular complexity index is 800. The number of amides is 1. The SMILES string of the molecule is CCC(C(=O)N1CCc2sccc2C1)N1CCN(c2cccc(Cl)c2)CC1. The van der Waals surface area contributed by atoms with Crippen LogP contribution in [0.2, 0.25) is 5.02 Å². The van der Waals surface area contributed by atoms with Crippen molar-refractivity contribution in [2.45, 2.75) is 32.4 Å². The fraction of sp³-hybridized carbons (Fsp3) is 0.476. The van der Waals surface area contributed by atoms with Gasteiger partial charge in [0.1, 0.15) is 0 Å². The van der Waals surface area contributed by atoms with Gasteiger partial charge in [0.15, 0.2) is 0 Å². The number of hydrogen-bond donors (Lipinski definition) is 0. The van der Waals surface area contributed by atoms with Crippen LogP contribution in [0.3, 0.4) is 0 Å². The Kier molecular flexibility index (Phi) is 5.71. The van der Waals surface area contributed by atoms with E-state index in [-0.39, 0.29) is 6.04 Å². The molecule has 144 valence electrons. The summed E-state index contributed by atoms with van der Waals surface area (Å²) in [4.78, 5) is 21.4. The monoisotopic (exact) mass is 403 g/mol. The van der Waals surface area contributed by atoms with Crippen molar-refractivity contribution in [3.63, 3.8) is 0 Å². The van der Waals surface area contributed by atoms with E-state index >= 15 is 0 Å². The number of benzene rings is 1. The number of nitrogens with zero attached hydrogens (tertiary/aromatic N) is 3. The van der Waals surface area contributed by atoms with Crippen molar-refractivity contribution in [2.75, 3.05) is 37.6 Å². The second-order valence-electron chi connectivity index (χ2n) is 7.31. The predicted molar refractivity (Wildman–Crippen MR) is 113 cm³/mol. The minimum Gasteiger partial charge on any atom is -0.369 e. The number of hydrogen-bond acceptors (Lipinski definition) is 4. The Morgan fingerprint density at radius 3 is 2.74 bits per heavy atom. The van der Waals surface area contributed by atoms with E-state index < -0.39 is 0 Å². The van der Waals surface area contributed by atoms with Crippen LogP contribution in [0.5, 0.6) is 0 Å². The second-order valence-corrected chi connectivity index (χ2v) is 8.74. The maximum atomic E-state index is 13.2. The number of fused-ring (bicyclic) bond motifs is 1. The predicted octanol–water partition coefficient (Wildman–Crippen LogP) is 3.89. The van der Waals surface area contributed by atoms with Crippen LogP contribution in [0.25, 0.3) is 0 Å². The van der Waals surface area contributed by atoms with Crippen molar-refractivity contribution in [1.29, 1.82) is 0 Å². The number of halogens is 1. The van der Waals surface area contributed by atoms with E-state index in [1.165, 1.54) is 16.1 Å². The molecule has 0 N–H and O–H groups in total. The number of rotatable bonds is 4. The van der Waals surface area contributed by atoms with E-state index in [1.807, 2.05) is 29.5 Å². The highest BCUT2D eigenvalue weighted by Gasteiger charge is 2.32. The molecule has 1 amide bonds. The zero-order chi connectivity index (χ0) is 18.8. The normalized spacial score (nSPS) is 19.0. The van der Waals surface area contributed by atoms with E-state index in [4.69, 9.17) is 11.6 Å². The van der Waals surface area contributed by atoms with E-state index in [1.54, 1.807) is 0 Å². The van der Waals surface area contributed by atoms with Crippen molar-refractivity contribution in [1.82, 2.24) is 9.80 Å². The van der Waals surface area contributed by atoms with Crippen molar-refractivity contribution < 1.29 is 4.79 Å². The Labute approximate surface area is 170 Å².